The SMILES string of the molecule is CCCN(C(=O)CSc1nc(-c2ccccc2)c2c(C)cc(C)nn12)[C@H]1CCS(=O)(=O)C1. The molecule has 9 heteroatoms. The van der Waals surface area contributed by atoms with Crippen LogP contribution in [-0.4, -0.2) is 63.7 Å². The first-order chi connectivity index (χ1) is 15.3. The van der Waals surface area contributed by atoms with E-state index < -0.39 is 9.84 Å². The number of benzene rings is 1. The van der Waals surface area contributed by atoms with Gasteiger partial charge in [0.25, 0.3) is 0 Å². The smallest absolute Gasteiger partial charge is 0.233 e. The highest BCUT2D eigenvalue weighted by Gasteiger charge is 2.34. The number of aromatic nitrogens is 3. The molecular weight excluding hydrogens is 444 g/mol. The average Bonchev–Trinajstić information content (AvgIpc) is 3.30. The van der Waals surface area contributed by atoms with E-state index in [1.807, 2.05) is 61.7 Å². The summed E-state index contributed by atoms with van der Waals surface area (Å²) in [4.78, 5) is 19.7. The molecule has 0 unspecified atom stereocenters. The molecule has 1 atom stereocenters. The highest BCUT2D eigenvalue weighted by atomic mass is 32.2. The molecule has 4 rings (SSSR count). The van der Waals surface area contributed by atoms with E-state index in [1.165, 1.54) is 11.8 Å². The zero-order valence-corrected chi connectivity index (χ0v) is 20.2. The van der Waals surface area contributed by atoms with E-state index in [1.54, 1.807) is 4.90 Å². The summed E-state index contributed by atoms with van der Waals surface area (Å²) in [5, 5.41) is 5.33. The largest absolute Gasteiger partial charge is 0.338 e. The van der Waals surface area contributed by atoms with Gasteiger partial charge < -0.3 is 4.90 Å². The second kappa shape index (κ2) is 9.23. The number of hydrogen-bond donors (Lipinski definition) is 0. The molecule has 1 aromatic carbocycles. The van der Waals surface area contributed by atoms with Crippen molar-refractivity contribution in [1.82, 2.24) is 19.5 Å². The number of hydrogen-bond acceptors (Lipinski definition) is 6. The molecule has 3 heterocycles. The highest BCUT2D eigenvalue weighted by Crippen LogP contribution is 2.31. The molecule has 3 aromatic rings. The van der Waals surface area contributed by atoms with Crippen LogP contribution in [0.3, 0.4) is 0 Å². The van der Waals surface area contributed by atoms with Crippen molar-refractivity contribution in [2.45, 2.75) is 44.8 Å². The molecule has 0 bridgehead atoms. The molecule has 170 valence electrons. The Morgan fingerprint density at radius 1 is 1.25 bits per heavy atom. The van der Waals surface area contributed by atoms with Crippen molar-refractivity contribution in [2.75, 3.05) is 23.8 Å². The van der Waals surface area contributed by atoms with Crippen LogP contribution in [0, 0.1) is 13.8 Å². The predicted octanol–water partition coefficient (Wildman–Crippen LogP) is 3.53. The van der Waals surface area contributed by atoms with Crippen molar-refractivity contribution in [3.8, 4) is 11.3 Å². The number of sulfone groups is 1. The minimum Gasteiger partial charge on any atom is -0.338 e. The summed E-state index contributed by atoms with van der Waals surface area (Å²) in [6, 6.07) is 11.8. The van der Waals surface area contributed by atoms with Gasteiger partial charge in [0.2, 0.25) is 5.91 Å². The zero-order valence-electron chi connectivity index (χ0n) is 18.6. The van der Waals surface area contributed by atoms with Crippen molar-refractivity contribution in [3.63, 3.8) is 0 Å². The Hall–Kier alpha value is -2.39. The maximum Gasteiger partial charge on any atom is 0.233 e. The van der Waals surface area contributed by atoms with Gasteiger partial charge in [-0.2, -0.15) is 5.10 Å². The Labute approximate surface area is 193 Å². The van der Waals surface area contributed by atoms with Gasteiger partial charge in [-0.3, -0.25) is 4.79 Å². The number of nitrogens with zero attached hydrogens (tertiary/aromatic N) is 4. The molecule has 0 spiro atoms. The molecule has 1 amide bonds. The highest BCUT2D eigenvalue weighted by molar-refractivity contribution is 7.99. The lowest BCUT2D eigenvalue weighted by Crippen LogP contribution is -2.42. The fraction of sp³-hybridized carbons (Fsp3) is 0.435. The van der Waals surface area contributed by atoms with Gasteiger partial charge in [-0.25, -0.2) is 17.9 Å². The third kappa shape index (κ3) is 4.68. The first-order valence-electron chi connectivity index (χ1n) is 10.8. The summed E-state index contributed by atoms with van der Waals surface area (Å²) in [6.45, 7) is 6.55. The van der Waals surface area contributed by atoms with E-state index in [2.05, 4.69) is 5.10 Å². The Bertz CT molecular complexity index is 1240. The van der Waals surface area contributed by atoms with E-state index in [9.17, 15) is 13.2 Å². The van der Waals surface area contributed by atoms with Crippen molar-refractivity contribution < 1.29 is 13.2 Å². The number of carbonyl (C=O) groups excluding carboxylic acids is 1. The van der Waals surface area contributed by atoms with Gasteiger partial charge in [-0.1, -0.05) is 49.0 Å². The lowest BCUT2D eigenvalue weighted by molar-refractivity contribution is -0.130. The van der Waals surface area contributed by atoms with Crippen molar-refractivity contribution in [2.24, 2.45) is 0 Å². The second-order valence-corrected chi connectivity index (χ2v) is 11.4. The standard InChI is InChI=1S/C23H28N4O3S2/c1-4-11-26(19-10-12-32(29,30)15-19)20(28)14-31-23-24-21(18-8-6-5-7-9-18)22-16(2)13-17(3)25-27(22)23/h5-9,13,19H,4,10-12,14-15H2,1-3H3/t19-/m0/s1. The molecule has 32 heavy (non-hydrogen) atoms. The first kappa shape index (κ1) is 22.8. The van der Waals surface area contributed by atoms with Crippen LogP contribution in [0.5, 0.6) is 0 Å². The summed E-state index contributed by atoms with van der Waals surface area (Å²) in [7, 11) is -3.05. The van der Waals surface area contributed by atoms with Gasteiger partial charge in [0.15, 0.2) is 15.0 Å². The van der Waals surface area contributed by atoms with Crippen molar-refractivity contribution >= 4 is 33.0 Å². The summed E-state index contributed by atoms with van der Waals surface area (Å²) >= 11 is 1.35. The molecule has 0 saturated carbocycles. The van der Waals surface area contributed by atoms with Crippen molar-refractivity contribution in [1.29, 1.82) is 0 Å². The van der Waals surface area contributed by atoms with Crippen LogP contribution in [0.15, 0.2) is 41.6 Å². The van der Waals surface area contributed by atoms with Crippen LogP contribution < -0.4 is 0 Å². The van der Waals surface area contributed by atoms with Gasteiger partial charge in [-0.05, 0) is 38.3 Å². The fourth-order valence-electron chi connectivity index (χ4n) is 4.28. The summed E-state index contributed by atoms with van der Waals surface area (Å²) in [6.07, 6.45) is 1.31. The normalized spacial score (nSPS) is 17.7. The van der Waals surface area contributed by atoms with Crippen LogP contribution in [0.25, 0.3) is 16.8 Å². The maximum absolute atomic E-state index is 13.1. The number of rotatable bonds is 7. The quantitative estimate of drug-likeness (QED) is 0.489. The minimum absolute atomic E-state index is 0.0543. The molecule has 1 saturated heterocycles. The Kier molecular flexibility index (Phi) is 6.57. The van der Waals surface area contributed by atoms with E-state index in [0.717, 1.165) is 34.5 Å². The molecule has 1 fully saturated rings. The van der Waals surface area contributed by atoms with Gasteiger partial charge >= 0.3 is 0 Å². The average molecular weight is 473 g/mol. The predicted molar refractivity (Wildman–Crippen MR) is 128 cm³/mol. The topological polar surface area (TPSA) is 84.6 Å². The molecule has 1 aliphatic heterocycles. The van der Waals surface area contributed by atoms with E-state index in [-0.39, 0.29) is 29.2 Å². The van der Waals surface area contributed by atoms with Crippen molar-refractivity contribution in [3.05, 3.63) is 47.7 Å². The lowest BCUT2D eigenvalue weighted by atomic mass is 10.1. The Morgan fingerprint density at radius 3 is 2.66 bits per heavy atom. The zero-order chi connectivity index (χ0) is 22.9. The summed E-state index contributed by atoms with van der Waals surface area (Å²) in [5.74, 6) is 0.361. The molecule has 2 aromatic heterocycles. The Morgan fingerprint density at radius 2 is 2.00 bits per heavy atom. The van der Waals surface area contributed by atoms with Crippen LogP contribution >= 0.6 is 11.8 Å². The second-order valence-electron chi connectivity index (χ2n) is 8.27. The number of fused-ring (bicyclic) bond motifs is 1. The maximum atomic E-state index is 13.1. The van der Waals surface area contributed by atoms with Gasteiger partial charge in [-0.15, -0.1) is 0 Å². The van der Waals surface area contributed by atoms with Gasteiger partial charge in [0.05, 0.1) is 34.2 Å². The molecule has 1 aliphatic rings. The first-order valence-corrected chi connectivity index (χ1v) is 13.6. The lowest BCUT2D eigenvalue weighted by Gasteiger charge is -2.27. The molecule has 0 N–H and O–H groups in total. The fourth-order valence-corrected chi connectivity index (χ4v) is 6.84. The monoisotopic (exact) mass is 472 g/mol. The molecule has 0 radical (unpaired) electrons. The molecule has 7 nitrogen and oxygen atoms in total. The third-order valence-electron chi connectivity index (χ3n) is 5.69. The van der Waals surface area contributed by atoms with Crippen LogP contribution in [0.4, 0.5) is 0 Å². The number of aryl methyl sites for hydroxylation is 2. The molecule has 0 aliphatic carbocycles. The van der Waals surface area contributed by atoms with Crippen LogP contribution in [0.2, 0.25) is 0 Å². The van der Waals surface area contributed by atoms with Crippen LogP contribution in [-0.2, 0) is 14.6 Å². The Balaban J connectivity index is 1.62. The number of amides is 1. The number of thioether (sulfide) groups is 1. The minimum atomic E-state index is -3.05. The third-order valence-corrected chi connectivity index (χ3v) is 8.35. The van der Waals surface area contributed by atoms with E-state index in [0.29, 0.717) is 18.1 Å². The van der Waals surface area contributed by atoms with Gasteiger partial charge in [0, 0.05) is 18.2 Å². The van der Waals surface area contributed by atoms with E-state index >= 15 is 0 Å². The molecular formula is C23H28N4O3S2. The number of imidazole rings is 1. The van der Waals surface area contributed by atoms with Crippen LogP contribution in [0.1, 0.15) is 31.0 Å². The number of carbonyl (C=O) groups is 1. The summed E-state index contributed by atoms with van der Waals surface area (Å²) in [5.41, 5.74) is 4.73. The van der Waals surface area contributed by atoms with E-state index in [4.69, 9.17) is 4.98 Å². The van der Waals surface area contributed by atoms with Gasteiger partial charge in [0.1, 0.15) is 0 Å². The summed E-state index contributed by atoms with van der Waals surface area (Å²) < 4.78 is 25.7.